The van der Waals surface area contributed by atoms with Gasteiger partial charge in [-0.05, 0) is 12.5 Å². The van der Waals surface area contributed by atoms with Crippen molar-refractivity contribution in [2.24, 2.45) is 0 Å². The number of rotatable bonds is 2. The molecule has 1 aliphatic heterocycles. The summed E-state index contributed by atoms with van der Waals surface area (Å²) in [6.45, 7) is 1.66. The molecule has 5 nitrogen and oxygen atoms in total. The number of nitrogens with zero attached hydrogens (tertiary/aromatic N) is 1. The maximum atomic E-state index is 12.2. The minimum Gasteiger partial charge on any atom is -0.324 e. The lowest BCUT2D eigenvalue weighted by molar-refractivity contribution is -0.146. The first kappa shape index (κ1) is 12.3. The highest BCUT2D eigenvalue weighted by Gasteiger charge is 2.29. The summed E-state index contributed by atoms with van der Waals surface area (Å²) in [4.78, 5) is 35.9. The van der Waals surface area contributed by atoms with E-state index in [0.717, 1.165) is 5.56 Å². The molecular formula is C13H14N2O3. The molecule has 0 aliphatic carbocycles. The third-order valence-electron chi connectivity index (χ3n) is 2.93. The van der Waals surface area contributed by atoms with E-state index in [1.165, 1.54) is 4.90 Å². The molecule has 1 unspecified atom stereocenters. The highest BCUT2D eigenvalue weighted by Crippen LogP contribution is 2.17. The van der Waals surface area contributed by atoms with E-state index in [1.807, 2.05) is 30.3 Å². The van der Waals surface area contributed by atoms with Crippen molar-refractivity contribution in [3.8, 4) is 0 Å². The van der Waals surface area contributed by atoms with Crippen molar-refractivity contribution in [1.29, 1.82) is 0 Å². The number of nitrogens with one attached hydrogen (secondary N) is 1. The van der Waals surface area contributed by atoms with Crippen molar-refractivity contribution >= 4 is 17.7 Å². The third-order valence-corrected chi connectivity index (χ3v) is 2.93. The summed E-state index contributed by atoms with van der Waals surface area (Å²) in [6.07, 6.45) is 0. The zero-order valence-electron chi connectivity index (χ0n) is 10.1. The molecule has 0 aromatic heterocycles. The van der Waals surface area contributed by atoms with Crippen molar-refractivity contribution < 1.29 is 14.4 Å². The van der Waals surface area contributed by atoms with Crippen LogP contribution in [-0.2, 0) is 14.4 Å². The average Bonchev–Trinajstić information content (AvgIpc) is 2.37. The lowest BCUT2D eigenvalue weighted by Crippen LogP contribution is -2.54. The number of carbonyl (C=O) groups excluding carboxylic acids is 3. The molecule has 0 bridgehead atoms. The molecule has 94 valence electrons. The number of piperazine rings is 1. The second-order valence-electron chi connectivity index (χ2n) is 4.30. The number of carbonyl (C=O) groups is 3. The van der Waals surface area contributed by atoms with Crippen LogP contribution in [-0.4, -0.2) is 35.7 Å². The Morgan fingerprint density at radius 1 is 1.17 bits per heavy atom. The normalized spacial score (nSPS) is 17.3. The van der Waals surface area contributed by atoms with E-state index in [2.05, 4.69) is 5.32 Å². The fourth-order valence-corrected chi connectivity index (χ4v) is 1.95. The van der Waals surface area contributed by atoms with Gasteiger partial charge in [-0.15, -0.1) is 0 Å². The summed E-state index contributed by atoms with van der Waals surface area (Å²) in [5, 5.41) is 2.17. The molecule has 0 saturated carbocycles. The summed E-state index contributed by atoms with van der Waals surface area (Å²) in [7, 11) is 0. The maximum absolute atomic E-state index is 12.2. The van der Waals surface area contributed by atoms with Crippen LogP contribution in [0.4, 0.5) is 0 Å². The Kier molecular flexibility index (Phi) is 3.41. The zero-order chi connectivity index (χ0) is 13.1. The van der Waals surface area contributed by atoms with E-state index in [0.29, 0.717) is 0 Å². The number of benzene rings is 1. The van der Waals surface area contributed by atoms with Gasteiger partial charge in [0.25, 0.3) is 0 Å². The Labute approximate surface area is 105 Å². The molecule has 1 aromatic carbocycles. The monoisotopic (exact) mass is 246 g/mol. The second kappa shape index (κ2) is 5.00. The van der Waals surface area contributed by atoms with Crippen LogP contribution in [0.3, 0.4) is 0 Å². The predicted molar refractivity (Wildman–Crippen MR) is 64.6 cm³/mol. The van der Waals surface area contributed by atoms with Crippen LogP contribution in [0.15, 0.2) is 30.3 Å². The topological polar surface area (TPSA) is 66.5 Å². The molecule has 1 saturated heterocycles. The Hall–Kier alpha value is -2.17. The molecule has 5 heteroatoms. The first-order valence-electron chi connectivity index (χ1n) is 5.74. The molecule has 18 heavy (non-hydrogen) atoms. The zero-order valence-corrected chi connectivity index (χ0v) is 10.1. The van der Waals surface area contributed by atoms with E-state index in [9.17, 15) is 14.4 Å². The first-order chi connectivity index (χ1) is 8.58. The first-order valence-corrected chi connectivity index (χ1v) is 5.74. The standard InChI is InChI=1S/C13H14N2O3/c1-9(10-5-3-2-4-6-10)13(18)15-7-11(16)14-12(17)8-15/h2-6,9H,7-8H2,1H3,(H,14,16,17). The Morgan fingerprint density at radius 2 is 1.72 bits per heavy atom. The molecule has 1 heterocycles. The molecule has 0 spiro atoms. The van der Waals surface area contributed by atoms with Crippen molar-refractivity contribution in [3.63, 3.8) is 0 Å². The fraction of sp³-hybridized carbons (Fsp3) is 0.308. The van der Waals surface area contributed by atoms with Crippen LogP contribution < -0.4 is 5.32 Å². The molecule has 1 fully saturated rings. The number of imide groups is 1. The molecule has 1 aromatic rings. The van der Waals surface area contributed by atoms with Crippen LogP contribution in [0.25, 0.3) is 0 Å². The quantitative estimate of drug-likeness (QED) is 0.762. The van der Waals surface area contributed by atoms with Crippen molar-refractivity contribution in [2.75, 3.05) is 13.1 Å². The van der Waals surface area contributed by atoms with Gasteiger partial charge in [0.15, 0.2) is 0 Å². The van der Waals surface area contributed by atoms with E-state index < -0.39 is 11.8 Å². The van der Waals surface area contributed by atoms with Gasteiger partial charge < -0.3 is 4.90 Å². The molecule has 1 aliphatic rings. The summed E-state index contributed by atoms with van der Waals surface area (Å²) >= 11 is 0. The van der Waals surface area contributed by atoms with Crippen molar-refractivity contribution in [3.05, 3.63) is 35.9 Å². The lowest BCUT2D eigenvalue weighted by Gasteiger charge is -2.28. The summed E-state index contributed by atoms with van der Waals surface area (Å²) in [6, 6.07) is 9.29. The van der Waals surface area contributed by atoms with E-state index in [-0.39, 0.29) is 24.9 Å². The van der Waals surface area contributed by atoms with Crippen LogP contribution in [0.5, 0.6) is 0 Å². The van der Waals surface area contributed by atoms with Gasteiger partial charge in [0.1, 0.15) is 13.1 Å². The molecule has 1 atom stereocenters. The van der Waals surface area contributed by atoms with Gasteiger partial charge in [0.05, 0.1) is 5.92 Å². The van der Waals surface area contributed by atoms with E-state index >= 15 is 0 Å². The SMILES string of the molecule is CC(C(=O)N1CC(=O)NC(=O)C1)c1ccccc1. The van der Waals surface area contributed by atoms with Gasteiger partial charge in [0.2, 0.25) is 17.7 Å². The Morgan fingerprint density at radius 3 is 2.28 bits per heavy atom. The van der Waals surface area contributed by atoms with Crippen LogP contribution >= 0.6 is 0 Å². The summed E-state index contributed by atoms with van der Waals surface area (Å²) < 4.78 is 0. The van der Waals surface area contributed by atoms with Gasteiger partial charge in [-0.1, -0.05) is 30.3 Å². The number of amides is 3. The lowest BCUT2D eigenvalue weighted by atomic mass is 9.99. The van der Waals surface area contributed by atoms with Gasteiger partial charge in [-0.3, -0.25) is 19.7 Å². The number of hydrogen-bond acceptors (Lipinski definition) is 3. The molecule has 1 N–H and O–H groups in total. The summed E-state index contributed by atoms with van der Waals surface area (Å²) in [5.74, 6) is -1.42. The van der Waals surface area contributed by atoms with Crippen LogP contribution in [0.2, 0.25) is 0 Å². The Balaban J connectivity index is 2.11. The van der Waals surface area contributed by atoms with Gasteiger partial charge >= 0.3 is 0 Å². The van der Waals surface area contributed by atoms with Gasteiger partial charge in [-0.25, -0.2) is 0 Å². The van der Waals surface area contributed by atoms with Gasteiger partial charge in [0, 0.05) is 0 Å². The predicted octanol–water partition coefficient (Wildman–Crippen LogP) is 0.275. The highest BCUT2D eigenvalue weighted by atomic mass is 16.2. The molecule has 0 radical (unpaired) electrons. The van der Waals surface area contributed by atoms with Crippen LogP contribution in [0.1, 0.15) is 18.4 Å². The number of hydrogen-bond donors (Lipinski definition) is 1. The smallest absolute Gasteiger partial charge is 0.246 e. The van der Waals surface area contributed by atoms with Gasteiger partial charge in [-0.2, -0.15) is 0 Å². The molecule has 2 rings (SSSR count). The second-order valence-corrected chi connectivity index (χ2v) is 4.30. The fourth-order valence-electron chi connectivity index (χ4n) is 1.95. The van der Waals surface area contributed by atoms with E-state index in [1.54, 1.807) is 6.92 Å². The minimum atomic E-state index is -0.431. The summed E-state index contributed by atoms with van der Waals surface area (Å²) in [5.41, 5.74) is 0.876. The van der Waals surface area contributed by atoms with Crippen molar-refractivity contribution in [1.82, 2.24) is 10.2 Å². The highest BCUT2D eigenvalue weighted by molar-refractivity contribution is 6.03. The van der Waals surface area contributed by atoms with Crippen molar-refractivity contribution in [2.45, 2.75) is 12.8 Å². The molecular weight excluding hydrogens is 232 g/mol. The average molecular weight is 246 g/mol. The molecule has 3 amide bonds. The minimum absolute atomic E-state index is 0.0538. The third kappa shape index (κ3) is 2.56. The van der Waals surface area contributed by atoms with Crippen LogP contribution in [0, 0.1) is 0 Å². The largest absolute Gasteiger partial charge is 0.324 e. The maximum Gasteiger partial charge on any atom is 0.246 e. The Bertz CT molecular complexity index is 468. The van der Waals surface area contributed by atoms with E-state index in [4.69, 9.17) is 0 Å².